The van der Waals surface area contributed by atoms with Crippen molar-refractivity contribution in [3.63, 3.8) is 0 Å². The van der Waals surface area contributed by atoms with E-state index in [1.165, 1.54) is 12.1 Å². The van der Waals surface area contributed by atoms with E-state index in [2.05, 4.69) is 22.0 Å². The van der Waals surface area contributed by atoms with Gasteiger partial charge in [0.05, 0.1) is 13.0 Å². The molecule has 2 aromatic carbocycles. The summed E-state index contributed by atoms with van der Waals surface area (Å²) in [7, 11) is 0. The summed E-state index contributed by atoms with van der Waals surface area (Å²) >= 11 is 0. The first-order chi connectivity index (χ1) is 12.2. The van der Waals surface area contributed by atoms with Gasteiger partial charge in [-0.1, -0.05) is 36.4 Å². The van der Waals surface area contributed by atoms with E-state index in [0.717, 1.165) is 36.5 Å². The molecular formula is C20H19ClFN3O. The summed E-state index contributed by atoms with van der Waals surface area (Å²) in [6.07, 6.45) is 4.08. The number of imidazole rings is 1. The molecular weight excluding hydrogens is 353 g/mol. The summed E-state index contributed by atoms with van der Waals surface area (Å²) in [6, 6.07) is 16.1. The number of anilines is 1. The molecule has 1 amide bonds. The molecule has 4 nitrogen and oxygen atoms in total. The van der Waals surface area contributed by atoms with Crippen LogP contribution in [-0.2, 0) is 24.3 Å². The largest absolute Gasteiger partial charge is 1.00 e. The smallest absolute Gasteiger partial charge is 0.266 e. The molecule has 0 aliphatic carbocycles. The number of nitrogens with one attached hydrogen (secondary N) is 1. The number of hydrogen-bond donors (Lipinski definition) is 1. The molecule has 0 unspecified atom stereocenters. The quantitative estimate of drug-likeness (QED) is 0.652. The van der Waals surface area contributed by atoms with E-state index in [1.807, 2.05) is 29.0 Å². The minimum Gasteiger partial charge on any atom is -1.00 e. The third kappa shape index (κ3) is 3.63. The van der Waals surface area contributed by atoms with Crippen LogP contribution in [0.5, 0.6) is 0 Å². The Labute approximate surface area is 157 Å². The number of halogens is 2. The van der Waals surface area contributed by atoms with Crippen molar-refractivity contribution in [3.8, 4) is 11.3 Å². The Morgan fingerprint density at radius 1 is 1.15 bits per heavy atom. The Hall–Kier alpha value is -2.66. The lowest BCUT2D eigenvalue weighted by Gasteiger charge is -2.04. The van der Waals surface area contributed by atoms with Gasteiger partial charge in [-0.25, -0.2) is 13.5 Å². The zero-order valence-electron chi connectivity index (χ0n) is 14.2. The predicted molar refractivity (Wildman–Crippen MR) is 93.4 cm³/mol. The fourth-order valence-corrected chi connectivity index (χ4v) is 3.41. The highest BCUT2D eigenvalue weighted by atomic mass is 35.5. The molecule has 3 aromatic rings. The van der Waals surface area contributed by atoms with Gasteiger partial charge in [-0.2, -0.15) is 0 Å². The minimum absolute atomic E-state index is 0. The summed E-state index contributed by atoms with van der Waals surface area (Å²) in [5.41, 5.74) is 2.76. The van der Waals surface area contributed by atoms with Crippen LogP contribution in [0, 0.1) is 5.82 Å². The molecule has 0 saturated carbocycles. The van der Waals surface area contributed by atoms with Gasteiger partial charge >= 0.3 is 0 Å². The van der Waals surface area contributed by atoms with E-state index >= 15 is 0 Å². The number of amides is 1. The van der Waals surface area contributed by atoms with Gasteiger partial charge < -0.3 is 17.7 Å². The summed E-state index contributed by atoms with van der Waals surface area (Å²) in [4.78, 5) is 12.4. The van der Waals surface area contributed by atoms with Crippen molar-refractivity contribution < 1.29 is 26.2 Å². The van der Waals surface area contributed by atoms with Crippen molar-refractivity contribution in [3.05, 3.63) is 72.4 Å². The van der Waals surface area contributed by atoms with Crippen LogP contribution >= 0.6 is 0 Å². The zero-order chi connectivity index (χ0) is 17.2. The number of benzene rings is 2. The van der Waals surface area contributed by atoms with E-state index in [9.17, 15) is 9.18 Å². The number of nitrogens with zero attached hydrogens (tertiary/aromatic N) is 2. The second kappa shape index (κ2) is 7.70. The summed E-state index contributed by atoms with van der Waals surface area (Å²) in [5, 5.41) is 2.76. The van der Waals surface area contributed by atoms with E-state index in [-0.39, 0.29) is 30.7 Å². The molecule has 26 heavy (non-hydrogen) atoms. The van der Waals surface area contributed by atoms with E-state index in [0.29, 0.717) is 5.69 Å². The average Bonchev–Trinajstić information content (AvgIpc) is 3.19. The van der Waals surface area contributed by atoms with Gasteiger partial charge in [-0.3, -0.25) is 4.79 Å². The maximum atomic E-state index is 13.3. The number of carbonyl (C=O) groups excluding carboxylic acids is 1. The Kier molecular flexibility index (Phi) is 5.38. The number of fused-ring (bicyclic) bond motifs is 1. The topological polar surface area (TPSA) is 37.9 Å². The standard InChI is InChI=1S/C20H18FN3O.ClH/c21-16-8-4-9-17(12-16)22-19(25)14-23-13-18(15-6-2-1-3-7-15)24-11-5-10-20(23)24;/h1-4,6-9,12-13H,5,10-11,14H2;1H. The molecule has 0 saturated heterocycles. The van der Waals surface area contributed by atoms with Gasteiger partial charge in [0.1, 0.15) is 12.0 Å². The van der Waals surface area contributed by atoms with Crippen molar-refractivity contribution in [1.82, 2.24) is 4.57 Å². The van der Waals surface area contributed by atoms with E-state index in [1.54, 1.807) is 12.1 Å². The molecule has 0 fully saturated rings. The van der Waals surface area contributed by atoms with Crippen LogP contribution in [0.15, 0.2) is 60.8 Å². The summed E-state index contributed by atoms with van der Waals surface area (Å²) in [6.45, 7) is 1.19. The van der Waals surface area contributed by atoms with Gasteiger partial charge in [-0.05, 0) is 24.6 Å². The number of carbonyl (C=O) groups is 1. The van der Waals surface area contributed by atoms with Crippen LogP contribution in [0.25, 0.3) is 11.3 Å². The first kappa shape index (κ1) is 18.1. The van der Waals surface area contributed by atoms with Gasteiger partial charge in [-0.15, -0.1) is 0 Å². The average molecular weight is 372 g/mol. The van der Waals surface area contributed by atoms with Crippen LogP contribution in [0.1, 0.15) is 12.2 Å². The zero-order valence-corrected chi connectivity index (χ0v) is 14.9. The number of aromatic nitrogens is 2. The van der Waals surface area contributed by atoms with Crippen LogP contribution in [0.2, 0.25) is 0 Å². The summed E-state index contributed by atoms with van der Waals surface area (Å²) in [5.74, 6) is 0.644. The maximum absolute atomic E-state index is 13.3. The molecule has 1 aliphatic rings. The van der Waals surface area contributed by atoms with Crippen molar-refractivity contribution >= 4 is 11.6 Å². The number of hydrogen-bond acceptors (Lipinski definition) is 1. The molecule has 1 N–H and O–H groups in total. The van der Waals surface area contributed by atoms with Gasteiger partial charge in [0.25, 0.3) is 11.7 Å². The molecule has 0 atom stereocenters. The highest BCUT2D eigenvalue weighted by molar-refractivity contribution is 5.89. The highest BCUT2D eigenvalue weighted by Gasteiger charge is 2.29. The lowest BCUT2D eigenvalue weighted by atomic mass is 10.2. The highest BCUT2D eigenvalue weighted by Crippen LogP contribution is 2.24. The Morgan fingerprint density at radius 2 is 1.96 bits per heavy atom. The molecule has 0 bridgehead atoms. The number of rotatable bonds is 4. The van der Waals surface area contributed by atoms with Crippen LogP contribution in [-0.4, -0.2) is 10.5 Å². The molecule has 0 spiro atoms. The van der Waals surface area contributed by atoms with Gasteiger partial charge in [0, 0.05) is 11.3 Å². The van der Waals surface area contributed by atoms with Crippen molar-refractivity contribution in [2.45, 2.75) is 25.9 Å². The summed E-state index contributed by atoms with van der Waals surface area (Å²) < 4.78 is 17.5. The van der Waals surface area contributed by atoms with Crippen molar-refractivity contribution in [1.29, 1.82) is 0 Å². The first-order valence-electron chi connectivity index (χ1n) is 8.43. The Morgan fingerprint density at radius 3 is 2.73 bits per heavy atom. The molecule has 4 rings (SSSR count). The molecule has 6 heteroatoms. The van der Waals surface area contributed by atoms with Gasteiger partial charge in [0.15, 0.2) is 12.2 Å². The monoisotopic (exact) mass is 371 g/mol. The first-order valence-corrected chi connectivity index (χ1v) is 8.43. The predicted octanol–water partition coefficient (Wildman–Crippen LogP) is 0.171. The van der Waals surface area contributed by atoms with Crippen molar-refractivity contribution in [2.24, 2.45) is 0 Å². The van der Waals surface area contributed by atoms with Crippen molar-refractivity contribution in [2.75, 3.05) is 5.32 Å². The molecule has 1 aromatic heterocycles. The minimum atomic E-state index is -0.360. The molecule has 2 heterocycles. The lowest BCUT2D eigenvalue weighted by Crippen LogP contribution is -3.00. The Bertz CT molecular complexity index is 924. The fourth-order valence-electron chi connectivity index (χ4n) is 3.41. The van der Waals surface area contributed by atoms with E-state index in [4.69, 9.17) is 0 Å². The Balaban J connectivity index is 0.00000196. The fraction of sp³-hybridized carbons (Fsp3) is 0.200. The van der Waals surface area contributed by atoms with E-state index < -0.39 is 0 Å². The molecule has 134 valence electrons. The molecule has 1 aliphatic heterocycles. The van der Waals surface area contributed by atoms with Crippen LogP contribution in [0.3, 0.4) is 0 Å². The van der Waals surface area contributed by atoms with Gasteiger partial charge in [0.2, 0.25) is 0 Å². The van der Waals surface area contributed by atoms with Crippen LogP contribution < -0.4 is 22.3 Å². The molecule has 0 radical (unpaired) electrons. The normalized spacial score (nSPS) is 12.3. The second-order valence-corrected chi connectivity index (χ2v) is 6.24. The lowest BCUT2D eigenvalue weighted by molar-refractivity contribution is -0.690. The third-order valence-corrected chi connectivity index (χ3v) is 4.49. The van der Waals surface area contributed by atoms with Crippen LogP contribution in [0.4, 0.5) is 10.1 Å². The second-order valence-electron chi connectivity index (χ2n) is 6.24. The SMILES string of the molecule is O=C(C[n+]1cc(-c2ccccc2)n2c1CCC2)Nc1cccc(F)c1.[Cl-]. The third-order valence-electron chi connectivity index (χ3n) is 4.49. The maximum Gasteiger partial charge on any atom is 0.266 e.